The Morgan fingerprint density at radius 1 is 1.21 bits per heavy atom. The predicted octanol–water partition coefficient (Wildman–Crippen LogP) is 2.89. The van der Waals surface area contributed by atoms with Crippen molar-refractivity contribution in [2.75, 3.05) is 12.5 Å². The molecule has 0 aliphatic rings. The number of alkyl halides is 4. The van der Waals surface area contributed by atoms with E-state index in [1.807, 2.05) is 0 Å². The van der Waals surface area contributed by atoms with E-state index in [9.17, 15) is 18.0 Å². The van der Waals surface area contributed by atoms with Crippen LogP contribution in [-0.2, 0) is 9.53 Å². The first-order valence-corrected chi connectivity index (χ1v) is 4.77. The quantitative estimate of drug-likeness (QED) is 0.400. The van der Waals surface area contributed by atoms with Gasteiger partial charge in [0.25, 0.3) is 0 Å². The molecule has 0 atom stereocenters. The molecule has 14 heavy (non-hydrogen) atoms. The summed E-state index contributed by atoms with van der Waals surface area (Å²) in [5, 5.41) is 0. The lowest BCUT2D eigenvalue weighted by Gasteiger charge is -2.05. The van der Waals surface area contributed by atoms with Crippen molar-refractivity contribution in [3.05, 3.63) is 0 Å². The van der Waals surface area contributed by atoms with Crippen LogP contribution in [0.5, 0.6) is 0 Å². The fourth-order valence-electron chi connectivity index (χ4n) is 0.829. The molecule has 0 radical (unpaired) electrons. The molecular formula is C8H12ClF3O2. The van der Waals surface area contributed by atoms with Gasteiger partial charge in [0.15, 0.2) is 0 Å². The Bertz CT molecular complexity index is 170. The summed E-state index contributed by atoms with van der Waals surface area (Å²) < 4.78 is 39.5. The van der Waals surface area contributed by atoms with Crippen LogP contribution in [-0.4, -0.2) is 24.6 Å². The SMILES string of the molecule is O=C(CCl)OCCCCCC(F)(F)F. The summed E-state index contributed by atoms with van der Waals surface area (Å²) in [7, 11) is 0. The Labute approximate surface area is 85.4 Å². The van der Waals surface area contributed by atoms with Crippen molar-refractivity contribution < 1.29 is 22.7 Å². The first kappa shape index (κ1) is 13.5. The number of rotatable bonds is 6. The number of hydrogen-bond donors (Lipinski definition) is 0. The highest BCUT2D eigenvalue weighted by atomic mass is 35.5. The van der Waals surface area contributed by atoms with Gasteiger partial charge in [0.2, 0.25) is 0 Å². The average molecular weight is 233 g/mol. The van der Waals surface area contributed by atoms with Crippen molar-refractivity contribution >= 4 is 17.6 Å². The maximum atomic E-state index is 11.6. The molecule has 0 bridgehead atoms. The molecule has 0 spiro atoms. The number of carbonyl (C=O) groups excluding carboxylic acids is 1. The summed E-state index contributed by atoms with van der Waals surface area (Å²) in [5.74, 6) is -0.759. The first-order valence-electron chi connectivity index (χ1n) is 4.24. The first-order chi connectivity index (χ1) is 6.45. The molecule has 0 saturated carbocycles. The Balaban J connectivity index is 3.18. The third-order valence-corrected chi connectivity index (χ3v) is 1.69. The van der Waals surface area contributed by atoms with Gasteiger partial charge in [0.05, 0.1) is 6.61 Å². The zero-order valence-corrected chi connectivity index (χ0v) is 8.33. The fourth-order valence-corrected chi connectivity index (χ4v) is 0.906. The van der Waals surface area contributed by atoms with Gasteiger partial charge < -0.3 is 4.74 Å². The van der Waals surface area contributed by atoms with Gasteiger partial charge in [-0.2, -0.15) is 13.2 Å². The predicted molar refractivity (Wildman–Crippen MR) is 46.2 cm³/mol. The van der Waals surface area contributed by atoms with E-state index in [-0.39, 0.29) is 18.9 Å². The maximum absolute atomic E-state index is 11.6. The normalized spacial score (nSPS) is 11.4. The molecule has 6 heteroatoms. The van der Waals surface area contributed by atoms with Crippen LogP contribution in [0.4, 0.5) is 13.2 Å². The van der Waals surface area contributed by atoms with E-state index in [1.165, 1.54) is 0 Å². The van der Waals surface area contributed by atoms with Crippen LogP contribution in [0.2, 0.25) is 0 Å². The van der Waals surface area contributed by atoms with Crippen molar-refractivity contribution in [3.63, 3.8) is 0 Å². The van der Waals surface area contributed by atoms with Gasteiger partial charge in [-0.1, -0.05) is 0 Å². The third-order valence-electron chi connectivity index (χ3n) is 1.48. The van der Waals surface area contributed by atoms with Crippen molar-refractivity contribution in [2.24, 2.45) is 0 Å². The number of unbranched alkanes of at least 4 members (excludes halogenated alkanes) is 2. The summed E-state index contributed by atoms with van der Waals surface area (Å²) in [6.45, 7) is 0.142. The van der Waals surface area contributed by atoms with Crippen LogP contribution in [0.25, 0.3) is 0 Å². The van der Waals surface area contributed by atoms with Crippen molar-refractivity contribution in [3.8, 4) is 0 Å². The van der Waals surface area contributed by atoms with E-state index in [1.54, 1.807) is 0 Å². The second-order valence-electron chi connectivity index (χ2n) is 2.78. The lowest BCUT2D eigenvalue weighted by molar-refractivity contribution is -0.141. The van der Waals surface area contributed by atoms with Crippen LogP contribution < -0.4 is 0 Å². The van der Waals surface area contributed by atoms with Crippen LogP contribution in [0.3, 0.4) is 0 Å². The molecule has 0 aromatic heterocycles. The summed E-state index contributed by atoms with van der Waals surface area (Å²) >= 11 is 5.13. The Morgan fingerprint density at radius 2 is 1.86 bits per heavy atom. The van der Waals surface area contributed by atoms with Gasteiger partial charge in [-0.3, -0.25) is 4.79 Å². The minimum absolute atomic E-state index is 0.0714. The van der Waals surface area contributed by atoms with Gasteiger partial charge in [0.1, 0.15) is 5.88 Å². The smallest absolute Gasteiger partial charge is 0.389 e. The second kappa shape index (κ2) is 6.92. The van der Waals surface area contributed by atoms with Gasteiger partial charge >= 0.3 is 12.1 Å². The van der Waals surface area contributed by atoms with E-state index in [2.05, 4.69) is 4.74 Å². The van der Waals surface area contributed by atoms with E-state index in [0.29, 0.717) is 12.8 Å². The molecule has 0 N–H and O–H groups in total. The van der Waals surface area contributed by atoms with E-state index in [0.717, 1.165) is 0 Å². The zero-order valence-electron chi connectivity index (χ0n) is 7.57. The van der Waals surface area contributed by atoms with E-state index >= 15 is 0 Å². The van der Waals surface area contributed by atoms with E-state index in [4.69, 9.17) is 11.6 Å². The number of hydrogen-bond acceptors (Lipinski definition) is 2. The molecule has 0 rings (SSSR count). The number of ether oxygens (including phenoxy) is 1. The molecule has 0 aromatic rings. The monoisotopic (exact) mass is 232 g/mol. The molecule has 0 unspecified atom stereocenters. The minimum atomic E-state index is -4.09. The summed E-state index contributed by atoms with van der Waals surface area (Å²) in [4.78, 5) is 10.5. The van der Waals surface area contributed by atoms with Gasteiger partial charge in [-0.05, 0) is 19.3 Å². The highest BCUT2D eigenvalue weighted by Crippen LogP contribution is 2.22. The topological polar surface area (TPSA) is 26.3 Å². The molecule has 0 aliphatic carbocycles. The molecular weight excluding hydrogens is 221 g/mol. The van der Waals surface area contributed by atoms with Crippen molar-refractivity contribution in [1.82, 2.24) is 0 Å². The Morgan fingerprint density at radius 3 is 2.36 bits per heavy atom. The maximum Gasteiger partial charge on any atom is 0.389 e. The number of carbonyl (C=O) groups is 1. The lowest BCUT2D eigenvalue weighted by Crippen LogP contribution is -2.08. The van der Waals surface area contributed by atoms with Crippen LogP contribution >= 0.6 is 11.6 Å². The van der Waals surface area contributed by atoms with Crippen LogP contribution in [0.1, 0.15) is 25.7 Å². The Hall–Kier alpha value is -0.450. The molecule has 0 amide bonds. The molecule has 0 aliphatic heterocycles. The molecule has 84 valence electrons. The fraction of sp³-hybridized carbons (Fsp3) is 0.875. The van der Waals surface area contributed by atoms with Gasteiger partial charge in [0, 0.05) is 6.42 Å². The molecule has 0 fully saturated rings. The summed E-state index contributed by atoms with van der Waals surface area (Å²) in [6, 6.07) is 0. The standard InChI is InChI=1S/C8H12ClF3O2/c9-6-7(13)14-5-3-1-2-4-8(10,11)12/h1-6H2. The lowest BCUT2D eigenvalue weighted by atomic mass is 10.2. The van der Waals surface area contributed by atoms with Gasteiger partial charge in [-0.25, -0.2) is 0 Å². The van der Waals surface area contributed by atoms with Crippen LogP contribution in [0.15, 0.2) is 0 Å². The highest BCUT2D eigenvalue weighted by Gasteiger charge is 2.25. The Kier molecular flexibility index (Phi) is 6.70. The zero-order chi connectivity index (χ0) is 11.0. The second-order valence-corrected chi connectivity index (χ2v) is 3.05. The van der Waals surface area contributed by atoms with Crippen molar-refractivity contribution in [1.29, 1.82) is 0 Å². The van der Waals surface area contributed by atoms with Gasteiger partial charge in [-0.15, -0.1) is 11.6 Å². The minimum Gasteiger partial charge on any atom is -0.465 e. The third kappa shape index (κ3) is 9.64. The van der Waals surface area contributed by atoms with Crippen LogP contribution in [0, 0.1) is 0 Å². The molecule has 0 heterocycles. The number of esters is 1. The molecule has 0 aromatic carbocycles. The number of halogens is 4. The van der Waals surface area contributed by atoms with Crippen molar-refractivity contribution in [2.45, 2.75) is 31.9 Å². The molecule has 2 nitrogen and oxygen atoms in total. The average Bonchev–Trinajstić information content (AvgIpc) is 2.08. The van der Waals surface area contributed by atoms with E-state index < -0.39 is 18.6 Å². The molecule has 0 saturated heterocycles. The largest absolute Gasteiger partial charge is 0.465 e. The highest BCUT2D eigenvalue weighted by molar-refractivity contribution is 6.26. The summed E-state index contributed by atoms with van der Waals surface area (Å²) in [6.07, 6.45) is -3.96. The summed E-state index contributed by atoms with van der Waals surface area (Å²) in [5.41, 5.74) is 0.